The summed E-state index contributed by atoms with van der Waals surface area (Å²) in [4.78, 5) is 16.5. The maximum absolute atomic E-state index is 13.2. The molecule has 0 unspecified atom stereocenters. The van der Waals surface area contributed by atoms with Crippen LogP contribution in [-0.2, 0) is 0 Å². The van der Waals surface area contributed by atoms with Crippen molar-refractivity contribution in [2.75, 3.05) is 11.1 Å². The van der Waals surface area contributed by atoms with Crippen LogP contribution in [-0.4, -0.2) is 10.9 Å². The Kier molecular flexibility index (Phi) is 3.08. The summed E-state index contributed by atoms with van der Waals surface area (Å²) in [5.74, 6) is -0.696. The number of nitrogens with two attached hydrogens (primary N) is 1. The second-order valence-electron chi connectivity index (χ2n) is 4.18. The van der Waals surface area contributed by atoms with Gasteiger partial charge in [-0.05, 0) is 30.3 Å². The number of halogens is 1. The third kappa shape index (κ3) is 2.21. The number of hydrogen-bond acceptors (Lipinski definition) is 4. The number of anilines is 2. The molecule has 2 aromatic heterocycles. The fourth-order valence-electron chi connectivity index (χ4n) is 1.88. The van der Waals surface area contributed by atoms with Gasteiger partial charge in [0.2, 0.25) is 0 Å². The minimum Gasteiger partial charge on any atom is -0.397 e. The summed E-state index contributed by atoms with van der Waals surface area (Å²) in [6, 6.07) is 7.75. The fraction of sp³-hybridized carbons (Fsp3) is 0. The number of benzene rings is 1. The van der Waals surface area contributed by atoms with Crippen LogP contribution in [0.15, 0.2) is 42.7 Å². The van der Waals surface area contributed by atoms with Crippen LogP contribution >= 0.6 is 11.3 Å². The molecule has 0 aliphatic heterocycles. The largest absolute Gasteiger partial charge is 0.397 e. The number of hydrogen-bond donors (Lipinski definition) is 2. The average Bonchev–Trinajstić information content (AvgIpc) is 2.77. The van der Waals surface area contributed by atoms with Gasteiger partial charge in [-0.3, -0.25) is 9.78 Å². The van der Waals surface area contributed by atoms with Gasteiger partial charge in [-0.1, -0.05) is 0 Å². The summed E-state index contributed by atoms with van der Waals surface area (Å²) in [6.45, 7) is 0. The second kappa shape index (κ2) is 4.90. The Morgan fingerprint density at radius 1 is 1.35 bits per heavy atom. The summed E-state index contributed by atoms with van der Waals surface area (Å²) in [6.07, 6.45) is 3.16. The number of pyridine rings is 1. The molecular weight excluding hydrogens is 277 g/mol. The first-order valence-corrected chi connectivity index (χ1v) is 6.65. The number of nitrogen functional groups attached to an aromatic ring is 1. The third-order valence-corrected chi connectivity index (χ3v) is 4.00. The molecule has 0 saturated heterocycles. The Hall–Kier alpha value is -2.47. The van der Waals surface area contributed by atoms with E-state index in [1.807, 2.05) is 0 Å². The van der Waals surface area contributed by atoms with Crippen LogP contribution in [0, 0.1) is 5.82 Å². The number of rotatable bonds is 2. The van der Waals surface area contributed by atoms with Gasteiger partial charge in [0.05, 0.1) is 17.6 Å². The van der Waals surface area contributed by atoms with Crippen LogP contribution < -0.4 is 11.1 Å². The average molecular weight is 287 g/mol. The summed E-state index contributed by atoms with van der Waals surface area (Å²) in [7, 11) is 0. The van der Waals surface area contributed by atoms with E-state index in [9.17, 15) is 9.18 Å². The Morgan fingerprint density at radius 3 is 2.95 bits per heavy atom. The highest BCUT2D eigenvalue weighted by molar-refractivity contribution is 7.21. The smallest absolute Gasteiger partial charge is 0.267 e. The van der Waals surface area contributed by atoms with Crippen LogP contribution in [0.25, 0.3) is 10.1 Å². The molecule has 0 spiro atoms. The van der Waals surface area contributed by atoms with Gasteiger partial charge in [-0.2, -0.15) is 0 Å². The molecule has 4 nitrogen and oxygen atoms in total. The highest BCUT2D eigenvalue weighted by Gasteiger charge is 2.16. The van der Waals surface area contributed by atoms with Gasteiger partial charge in [0.25, 0.3) is 5.91 Å². The van der Waals surface area contributed by atoms with Gasteiger partial charge in [0.1, 0.15) is 10.7 Å². The standard InChI is InChI=1S/C14H10FN3OS/c15-8-3-4-11-10(6-8)12(16)13(20-11)14(19)18-9-2-1-5-17-7-9/h1-7H,16H2,(H,18,19). The van der Waals surface area contributed by atoms with Gasteiger partial charge in [0, 0.05) is 16.3 Å². The molecular formula is C14H10FN3OS. The molecule has 0 fully saturated rings. The number of nitrogens with zero attached hydrogens (tertiary/aromatic N) is 1. The first-order valence-electron chi connectivity index (χ1n) is 5.84. The molecule has 3 N–H and O–H groups in total. The monoisotopic (exact) mass is 287 g/mol. The number of amides is 1. The zero-order chi connectivity index (χ0) is 14.1. The molecule has 100 valence electrons. The maximum Gasteiger partial charge on any atom is 0.267 e. The molecule has 3 aromatic rings. The molecule has 1 aromatic carbocycles. The van der Waals surface area contributed by atoms with Crippen LogP contribution in [0.3, 0.4) is 0 Å². The molecule has 3 rings (SSSR count). The zero-order valence-corrected chi connectivity index (χ0v) is 11.1. The van der Waals surface area contributed by atoms with E-state index in [2.05, 4.69) is 10.3 Å². The Labute approximate surface area is 118 Å². The van der Waals surface area contributed by atoms with Crippen molar-refractivity contribution in [3.8, 4) is 0 Å². The molecule has 0 radical (unpaired) electrons. The van der Waals surface area contributed by atoms with E-state index in [0.717, 1.165) is 4.70 Å². The van der Waals surface area contributed by atoms with E-state index >= 15 is 0 Å². The minimum atomic E-state index is -0.374. The normalized spacial score (nSPS) is 10.7. The van der Waals surface area contributed by atoms with Crippen molar-refractivity contribution in [2.45, 2.75) is 0 Å². The lowest BCUT2D eigenvalue weighted by Crippen LogP contribution is -2.11. The molecule has 20 heavy (non-hydrogen) atoms. The van der Waals surface area contributed by atoms with Crippen molar-refractivity contribution < 1.29 is 9.18 Å². The van der Waals surface area contributed by atoms with Crippen molar-refractivity contribution in [1.29, 1.82) is 0 Å². The lowest BCUT2D eigenvalue weighted by Gasteiger charge is -2.03. The topological polar surface area (TPSA) is 68.0 Å². The van der Waals surface area contributed by atoms with Crippen LogP contribution in [0.5, 0.6) is 0 Å². The number of fused-ring (bicyclic) bond motifs is 1. The summed E-state index contributed by atoms with van der Waals surface area (Å²) in [5.41, 5.74) is 6.81. The highest BCUT2D eigenvalue weighted by Crippen LogP contribution is 2.34. The van der Waals surface area contributed by atoms with Crippen LogP contribution in [0.2, 0.25) is 0 Å². The molecule has 0 atom stereocenters. The Bertz CT molecular complexity index is 786. The molecule has 0 saturated carbocycles. The lowest BCUT2D eigenvalue weighted by atomic mass is 10.2. The van der Waals surface area contributed by atoms with Crippen LogP contribution in [0.4, 0.5) is 15.8 Å². The highest BCUT2D eigenvalue weighted by atomic mass is 32.1. The van der Waals surface area contributed by atoms with Gasteiger partial charge in [-0.25, -0.2) is 4.39 Å². The first kappa shape index (κ1) is 12.6. The van der Waals surface area contributed by atoms with Crippen molar-refractivity contribution >= 4 is 38.7 Å². The molecule has 0 bridgehead atoms. The van der Waals surface area contributed by atoms with Crippen molar-refractivity contribution in [1.82, 2.24) is 4.98 Å². The predicted octanol–water partition coefficient (Wildman–Crippen LogP) is 3.27. The van der Waals surface area contributed by atoms with Crippen molar-refractivity contribution in [3.63, 3.8) is 0 Å². The maximum atomic E-state index is 13.2. The lowest BCUT2D eigenvalue weighted by molar-refractivity contribution is 0.103. The fourth-order valence-corrected chi connectivity index (χ4v) is 2.88. The quantitative estimate of drug-likeness (QED) is 0.760. The van der Waals surface area contributed by atoms with Gasteiger partial charge in [0.15, 0.2) is 0 Å². The summed E-state index contributed by atoms with van der Waals surface area (Å²) < 4.78 is 14.0. The number of nitrogens with one attached hydrogen (secondary N) is 1. The molecule has 0 aliphatic rings. The third-order valence-electron chi connectivity index (χ3n) is 2.81. The van der Waals surface area contributed by atoms with Gasteiger partial charge < -0.3 is 11.1 Å². The second-order valence-corrected chi connectivity index (χ2v) is 5.23. The number of thiophene rings is 1. The number of aromatic nitrogens is 1. The van der Waals surface area contributed by atoms with E-state index in [1.165, 1.54) is 23.5 Å². The molecule has 1 amide bonds. The van der Waals surface area contributed by atoms with E-state index in [0.29, 0.717) is 21.6 Å². The SMILES string of the molecule is Nc1c(C(=O)Nc2cccnc2)sc2ccc(F)cc12. The molecule has 6 heteroatoms. The first-order chi connectivity index (χ1) is 9.65. The molecule has 2 heterocycles. The predicted molar refractivity (Wildman–Crippen MR) is 78.4 cm³/mol. The van der Waals surface area contributed by atoms with Gasteiger partial charge >= 0.3 is 0 Å². The minimum absolute atomic E-state index is 0.297. The number of carbonyl (C=O) groups excluding carboxylic acids is 1. The Balaban J connectivity index is 1.98. The van der Waals surface area contributed by atoms with Crippen molar-refractivity contribution in [3.05, 3.63) is 53.4 Å². The zero-order valence-electron chi connectivity index (χ0n) is 10.3. The van der Waals surface area contributed by atoms with E-state index in [-0.39, 0.29) is 11.7 Å². The molecule has 0 aliphatic carbocycles. The van der Waals surface area contributed by atoms with E-state index < -0.39 is 0 Å². The van der Waals surface area contributed by atoms with E-state index in [4.69, 9.17) is 5.73 Å². The number of carbonyl (C=O) groups is 1. The Morgan fingerprint density at radius 2 is 2.20 bits per heavy atom. The summed E-state index contributed by atoms with van der Waals surface area (Å²) >= 11 is 1.24. The van der Waals surface area contributed by atoms with Gasteiger partial charge in [-0.15, -0.1) is 11.3 Å². The summed E-state index contributed by atoms with van der Waals surface area (Å²) in [5, 5.41) is 3.27. The van der Waals surface area contributed by atoms with E-state index in [1.54, 1.807) is 30.6 Å². The van der Waals surface area contributed by atoms with Crippen molar-refractivity contribution in [2.24, 2.45) is 0 Å². The van der Waals surface area contributed by atoms with Crippen LogP contribution in [0.1, 0.15) is 9.67 Å².